The third kappa shape index (κ3) is 4.26. The molecule has 6 nitrogen and oxygen atoms in total. The Morgan fingerprint density at radius 2 is 2.00 bits per heavy atom. The molecule has 0 aromatic heterocycles. The van der Waals surface area contributed by atoms with E-state index in [0.29, 0.717) is 49.7 Å². The van der Waals surface area contributed by atoms with Gasteiger partial charge in [0.05, 0.1) is 16.2 Å². The number of carbonyl (C=O) groups excluding carboxylic acids is 2. The molecule has 0 bridgehead atoms. The lowest BCUT2D eigenvalue weighted by Crippen LogP contribution is -2.62. The van der Waals surface area contributed by atoms with Crippen LogP contribution >= 0.6 is 24.0 Å². The zero-order valence-corrected chi connectivity index (χ0v) is 15.4. The molecule has 2 aliphatic rings. The number of hydrogen-bond acceptors (Lipinski definition) is 4. The van der Waals surface area contributed by atoms with E-state index in [0.717, 1.165) is 6.42 Å². The number of piperidine rings is 1. The molecule has 8 heteroatoms. The normalized spacial score (nSPS) is 22.9. The van der Waals surface area contributed by atoms with E-state index in [9.17, 15) is 9.59 Å². The fourth-order valence-electron chi connectivity index (χ4n) is 3.18. The summed E-state index contributed by atoms with van der Waals surface area (Å²) < 4.78 is 5.26. The number of rotatable bonds is 3. The zero-order chi connectivity index (χ0) is 17.2. The molecule has 3 N–H and O–H groups in total. The van der Waals surface area contributed by atoms with Crippen molar-refractivity contribution in [1.82, 2.24) is 5.32 Å². The number of anilines is 1. The molecule has 25 heavy (non-hydrogen) atoms. The highest BCUT2D eigenvalue weighted by Gasteiger charge is 2.39. The van der Waals surface area contributed by atoms with Crippen LogP contribution < -0.4 is 16.0 Å². The predicted molar refractivity (Wildman–Crippen MR) is 99.2 cm³/mol. The first-order valence-corrected chi connectivity index (χ1v) is 8.62. The summed E-state index contributed by atoms with van der Waals surface area (Å²) in [7, 11) is 0. The van der Waals surface area contributed by atoms with E-state index >= 15 is 0 Å². The molecule has 0 saturated carbocycles. The van der Waals surface area contributed by atoms with E-state index in [1.165, 1.54) is 0 Å². The van der Waals surface area contributed by atoms with E-state index < -0.39 is 11.6 Å². The van der Waals surface area contributed by atoms with Crippen LogP contribution in [-0.4, -0.2) is 43.2 Å². The van der Waals surface area contributed by atoms with Gasteiger partial charge >= 0.3 is 0 Å². The standard InChI is InChI=1S/C17H22ClN3O3.ClH/c18-12-4-1-2-6-14(12)21-9-3-5-13(15(21)22)20-16(23)17(19)7-10-24-11-8-17;/h1-2,4,6,13H,3,5,7-11,19H2,(H,20,23);1H. The van der Waals surface area contributed by atoms with Gasteiger partial charge in [-0.2, -0.15) is 0 Å². The molecule has 0 spiro atoms. The number of ether oxygens (including phenoxy) is 1. The largest absolute Gasteiger partial charge is 0.381 e. The molecule has 1 atom stereocenters. The zero-order valence-electron chi connectivity index (χ0n) is 13.9. The summed E-state index contributed by atoms with van der Waals surface area (Å²) in [6.07, 6.45) is 2.34. The molecule has 3 rings (SSSR count). The Morgan fingerprint density at radius 1 is 1.32 bits per heavy atom. The molecule has 2 aliphatic heterocycles. The van der Waals surface area contributed by atoms with Gasteiger partial charge in [-0.15, -0.1) is 12.4 Å². The van der Waals surface area contributed by atoms with Gasteiger partial charge in [-0.1, -0.05) is 23.7 Å². The fourth-order valence-corrected chi connectivity index (χ4v) is 3.42. The first kappa shape index (κ1) is 20.0. The molecule has 2 saturated heterocycles. The van der Waals surface area contributed by atoms with Gasteiger partial charge in [0.2, 0.25) is 11.8 Å². The minimum absolute atomic E-state index is 0. The van der Waals surface area contributed by atoms with Crippen molar-refractivity contribution in [3.63, 3.8) is 0 Å². The summed E-state index contributed by atoms with van der Waals surface area (Å²) >= 11 is 6.21. The van der Waals surface area contributed by atoms with Crippen LogP contribution in [0, 0.1) is 0 Å². The SMILES string of the molecule is Cl.NC1(C(=O)NC2CCCN(c3ccccc3Cl)C2=O)CCOCC1. The maximum Gasteiger partial charge on any atom is 0.249 e. The minimum atomic E-state index is -0.953. The average Bonchev–Trinajstić information content (AvgIpc) is 2.58. The average molecular weight is 388 g/mol. The first-order chi connectivity index (χ1) is 11.5. The van der Waals surface area contributed by atoms with Crippen LogP contribution in [0.2, 0.25) is 5.02 Å². The Labute approximate surface area is 158 Å². The first-order valence-electron chi connectivity index (χ1n) is 8.25. The highest BCUT2D eigenvalue weighted by atomic mass is 35.5. The van der Waals surface area contributed by atoms with Crippen molar-refractivity contribution in [3.8, 4) is 0 Å². The lowest BCUT2D eigenvalue weighted by molar-refractivity contribution is -0.134. The van der Waals surface area contributed by atoms with Gasteiger partial charge in [0.25, 0.3) is 0 Å². The van der Waals surface area contributed by atoms with Gasteiger partial charge in [0, 0.05) is 19.8 Å². The molecule has 1 unspecified atom stereocenters. The van der Waals surface area contributed by atoms with Crippen molar-refractivity contribution in [2.75, 3.05) is 24.7 Å². The van der Waals surface area contributed by atoms with E-state index in [2.05, 4.69) is 5.32 Å². The molecular weight excluding hydrogens is 365 g/mol. The maximum absolute atomic E-state index is 12.8. The third-order valence-corrected chi connectivity index (χ3v) is 5.04. The fraction of sp³-hybridized carbons (Fsp3) is 0.529. The number of halogens is 2. The Bertz CT molecular complexity index is 635. The van der Waals surface area contributed by atoms with Crippen molar-refractivity contribution >= 4 is 41.5 Å². The van der Waals surface area contributed by atoms with Crippen molar-refractivity contribution in [1.29, 1.82) is 0 Å². The van der Waals surface area contributed by atoms with Crippen LogP contribution in [0.1, 0.15) is 25.7 Å². The number of hydrogen-bond donors (Lipinski definition) is 2. The highest BCUT2D eigenvalue weighted by Crippen LogP contribution is 2.29. The van der Waals surface area contributed by atoms with Gasteiger partial charge < -0.3 is 20.7 Å². The summed E-state index contributed by atoms with van der Waals surface area (Å²) in [6, 6.07) is 6.67. The van der Waals surface area contributed by atoms with E-state index in [4.69, 9.17) is 22.1 Å². The van der Waals surface area contributed by atoms with Gasteiger partial charge in [0.1, 0.15) is 6.04 Å². The summed E-state index contributed by atoms with van der Waals surface area (Å²) in [6.45, 7) is 1.53. The van der Waals surface area contributed by atoms with Crippen molar-refractivity contribution in [2.24, 2.45) is 5.73 Å². The Kier molecular flexibility index (Phi) is 6.68. The molecule has 2 amide bonds. The van der Waals surface area contributed by atoms with E-state index in [1.807, 2.05) is 18.2 Å². The van der Waals surface area contributed by atoms with Gasteiger partial charge in [-0.05, 0) is 37.8 Å². The Hall–Kier alpha value is -1.34. The molecular formula is C17H23Cl2N3O3. The molecule has 138 valence electrons. The number of amides is 2. The van der Waals surface area contributed by atoms with E-state index in [1.54, 1.807) is 11.0 Å². The predicted octanol–water partition coefficient (Wildman–Crippen LogP) is 1.88. The van der Waals surface area contributed by atoms with Crippen LogP contribution in [0.25, 0.3) is 0 Å². The third-order valence-electron chi connectivity index (χ3n) is 4.72. The van der Waals surface area contributed by atoms with E-state index in [-0.39, 0.29) is 24.2 Å². The van der Waals surface area contributed by atoms with Gasteiger partial charge in [-0.3, -0.25) is 9.59 Å². The molecule has 1 aromatic rings. The number of nitrogens with one attached hydrogen (secondary N) is 1. The minimum Gasteiger partial charge on any atom is -0.381 e. The number of carbonyl (C=O) groups is 2. The molecule has 1 aromatic carbocycles. The number of benzene rings is 1. The summed E-state index contributed by atoms with van der Waals surface area (Å²) in [5, 5.41) is 3.37. The molecule has 2 heterocycles. The van der Waals surface area contributed by atoms with Crippen molar-refractivity contribution in [2.45, 2.75) is 37.3 Å². The summed E-state index contributed by atoms with van der Waals surface area (Å²) in [4.78, 5) is 27.0. The Balaban J connectivity index is 0.00000225. The second-order valence-electron chi connectivity index (χ2n) is 6.38. The van der Waals surface area contributed by atoms with Crippen LogP contribution in [0.5, 0.6) is 0 Å². The van der Waals surface area contributed by atoms with Crippen molar-refractivity contribution in [3.05, 3.63) is 29.3 Å². The molecule has 0 aliphatic carbocycles. The van der Waals surface area contributed by atoms with Crippen LogP contribution in [0.4, 0.5) is 5.69 Å². The number of para-hydroxylation sites is 1. The number of nitrogens with zero attached hydrogens (tertiary/aromatic N) is 1. The smallest absolute Gasteiger partial charge is 0.249 e. The van der Waals surface area contributed by atoms with Crippen LogP contribution in [0.3, 0.4) is 0 Å². The molecule has 0 radical (unpaired) electrons. The van der Waals surface area contributed by atoms with Gasteiger partial charge in [0.15, 0.2) is 0 Å². The second-order valence-corrected chi connectivity index (χ2v) is 6.79. The lowest BCUT2D eigenvalue weighted by Gasteiger charge is -2.36. The summed E-state index contributed by atoms with van der Waals surface area (Å²) in [5.74, 6) is -0.413. The van der Waals surface area contributed by atoms with Gasteiger partial charge in [-0.25, -0.2) is 0 Å². The van der Waals surface area contributed by atoms with Crippen LogP contribution in [0.15, 0.2) is 24.3 Å². The molecule has 2 fully saturated rings. The summed E-state index contributed by atoms with van der Waals surface area (Å²) in [5.41, 5.74) is 5.92. The van der Waals surface area contributed by atoms with Crippen molar-refractivity contribution < 1.29 is 14.3 Å². The number of nitrogens with two attached hydrogens (primary N) is 1. The highest BCUT2D eigenvalue weighted by molar-refractivity contribution is 6.33. The monoisotopic (exact) mass is 387 g/mol. The maximum atomic E-state index is 12.8. The topological polar surface area (TPSA) is 84.7 Å². The van der Waals surface area contributed by atoms with Crippen LogP contribution in [-0.2, 0) is 14.3 Å². The quantitative estimate of drug-likeness (QED) is 0.828. The lowest BCUT2D eigenvalue weighted by atomic mass is 9.89. The second kappa shape index (κ2) is 8.36. The Morgan fingerprint density at radius 3 is 2.68 bits per heavy atom.